The monoisotopic (exact) mass is 526 g/mol. The minimum absolute atomic E-state index is 0.949. The zero-order valence-corrected chi connectivity index (χ0v) is 22.3. The van der Waals surface area contributed by atoms with E-state index in [0.717, 1.165) is 11.0 Å². The molecule has 186 valence electrons. The Morgan fingerprint density at radius 2 is 1.05 bits per heavy atom. The third-order valence-corrected chi connectivity index (χ3v) is 9.42. The fourth-order valence-corrected chi connectivity index (χ4v) is 7.77. The summed E-state index contributed by atoms with van der Waals surface area (Å²) in [4.78, 5) is 0. The number of thiophene rings is 1. The van der Waals surface area contributed by atoms with E-state index in [4.69, 9.17) is 4.42 Å². The van der Waals surface area contributed by atoms with Crippen molar-refractivity contribution in [2.24, 2.45) is 0 Å². The summed E-state index contributed by atoms with van der Waals surface area (Å²) >= 11 is 1.86. The summed E-state index contributed by atoms with van der Waals surface area (Å²) in [5.74, 6) is 0. The molecule has 0 radical (unpaired) electrons. The van der Waals surface area contributed by atoms with E-state index in [2.05, 4.69) is 127 Å². The summed E-state index contributed by atoms with van der Waals surface area (Å²) in [6, 6.07) is 46.3. The van der Waals surface area contributed by atoms with Crippen molar-refractivity contribution in [2.75, 3.05) is 0 Å². The van der Waals surface area contributed by atoms with Crippen LogP contribution in [0.1, 0.15) is 0 Å². The molecule has 2 heteroatoms. The zero-order valence-electron chi connectivity index (χ0n) is 21.5. The number of benzene rings is 7. The quantitative estimate of drug-likeness (QED) is 0.204. The summed E-state index contributed by atoms with van der Waals surface area (Å²) in [7, 11) is 0. The molecular weight excluding hydrogens is 504 g/mol. The smallest absolute Gasteiger partial charge is 0.142 e. The average Bonchev–Trinajstić information content (AvgIpc) is 3.63. The number of furan rings is 1. The van der Waals surface area contributed by atoms with Gasteiger partial charge in [0.1, 0.15) is 5.58 Å². The van der Waals surface area contributed by atoms with Crippen LogP contribution in [-0.4, -0.2) is 0 Å². The Bertz CT molecular complexity index is 2380. The molecule has 1 nitrogen and oxygen atoms in total. The molecule has 0 aliphatic rings. The van der Waals surface area contributed by atoms with Gasteiger partial charge in [-0.15, -0.1) is 11.3 Å². The van der Waals surface area contributed by atoms with Crippen LogP contribution in [-0.2, 0) is 0 Å². The SMILES string of the molecule is c1ccc2cc(-c3c4ccccc4c(-c4c5occc5cc5sc6ccccc6c45)c4ccccc34)ccc2c1. The lowest BCUT2D eigenvalue weighted by atomic mass is 9.84. The van der Waals surface area contributed by atoms with Gasteiger partial charge in [0.05, 0.1) is 6.26 Å². The lowest BCUT2D eigenvalue weighted by molar-refractivity contribution is 0.617. The molecule has 9 rings (SSSR count). The third-order valence-electron chi connectivity index (χ3n) is 8.30. The minimum Gasteiger partial charge on any atom is -0.464 e. The van der Waals surface area contributed by atoms with E-state index in [9.17, 15) is 0 Å². The highest BCUT2D eigenvalue weighted by molar-refractivity contribution is 7.26. The van der Waals surface area contributed by atoms with Gasteiger partial charge in [0.15, 0.2) is 0 Å². The molecule has 0 N–H and O–H groups in total. The molecule has 40 heavy (non-hydrogen) atoms. The van der Waals surface area contributed by atoms with E-state index in [-0.39, 0.29) is 0 Å². The average molecular weight is 527 g/mol. The van der Waals surface area contributed by atoms with Crippen LogP contribution in [0.2, 0.25) is 0 Å². The second kappa shape index (κ2) is 8.29. The molecule has 0 atom stereocenters. The van der Waals surface area contributed by atoms with Crippen LogP contribution in [0.25, 0.3) is 85.7 Å². The van der Waals surface area contributed by atoms with E-state index in [1.165, 1.54) is 74.7 Å². The van der Waals surface area contributed by atoms with E-state index >= 15 is 0 Å². The van der Waals surface area contributed by atoms with Crippen molar-refractivity contribution in [1.82, 2.24) is 0 Å². The Morgan fingerprint density at radius 1 is 0.425 bits per heavy atom. The Kier molecular flexibility index (Phi) is 4.55. The van der Waals surface area contributed by atoms with Crippen molar-refractivity contribution in [3.8, 4) is 22.3 Å². The van der Waals surface area contributed by atoms with Crippen molar-refractivity contribution >= 4 is 74.8 Å². The molecular formula is C38H22OS. The van der Waals surface area contributed by atoms with Crippen LogP contribution in [0.15, 0.2) is 138 Å². The molecule has 0 unspecified atom stereocenters. The third kappa shape index (κ3) is 3.03. The highest BCUT2D eigenvalue weighted by Gasteiger charge is 2.23. The molecule has 0 bridgehead atoms. The summed E-state index contributed by atoms with van der Waals surface area (Å²) in [6.07, 6.45) is 1.83. The second-order valence-corrected chi connectivity index (χ2v) is 11.5. The predicted molar refractivity (Wildman–Crippen MR) is 172 cm³/mol. The topological polar surface area (TPSA) is 13.1 Å². The van der Waals surface area contributed by atoms with Gasteiger partial charge in [0, 0.05) is 36.7 Å². The molecule has 7 aromatic carbocycles. The number of rotatable bonds is 2. The van der Waals surface area contributed by atoms with E-state index < -0.39 is 0 Å². The van der Waals surface area contributed by atoms with E-state index in [0.29, 0.717) is 0 Å². The first kappa shape index (κ1) is 22.0. The van der Waals surface area contributed by atoms with Gasteiger partial charge >= 0.3 is 0 Å². The fraction of sp³-hybridized carbons (Fsp3) is 0. The lowest BCUT2D eigenvalue weighted by Gasteiger charge is -2.19. The van der Waals surface area contributed by atoms with Crippen LogP contribution >= 0.6 is 11.3 Å². The summed E-state index contributed by atoms with van der Waals surface area (Å²) in [5.41, 5.74) is 5.89. The van der Waals surface area contributed by atoms with Crippen LogP contribution in [0.4, 0.5) is 0 Å². The van der Waals surface area contributed by atoms with Crippen LogP contribution in [0.5, 0.6) is 0 Å². The number of fused-ring (bicyclic) bond motifs is 7. The second-order valence-electron chi connectivity index (χ2n) is 10.5. The molecule has 0 amide bonds. The van der Waals surface area contributed by atoms with Crippen LogP contribution < -0.4 is 0 Å². The molecule has 0 aliphatic heterocycles. The lowest BCUT2D eigenvalue weighted by Crippen LogP contribution is -1.92. The van der Waals surface area contributed by atoms with Gasteiger partial charge in [-0.3, -0.25) is 0 Å². The van der Waals surface area contributed by atoms with Crippen molar-refractivity contribution in [3.63, 3.8) is 0 Å². The van der Waals surface area contributed by atoms with Crippen LogP contribution in [0, 0.1) is 0 Å². The summed E-state index contributed by atoms with van der Waals surface area (Å²) in [6.45, 7) is 0. The van der Waals surface area contributed by atoms with Gasteiger partial charge in [-0.1, -0.05) is 103 Å². The molecule has 0 aliphatic carbocycles. The molecule has 2 aromatic heterocycles. The van der Waals surface area contributed by atoms with Crippen LogP contribution in [0.3, 0.4) is 0 Å². The first-order chi connectivity index (χ1) is 19.8. The Hall–Kier alpha value is -4.92. The Morgan fingerprint density at radius 3 is 1.80 bits per heavy atom. The van der Waals surface area contributed by atoms with E-state index in [1.54, 1.807) is 0 Å². The standard InChI is InChI=1S/C38H22OS/c1-2-10-24-21-25(18-17-23(24)9-1)34-27-11-3-5-13-29(27)35(30-14-6-4-12-28(30)34)37-36-31-15-7-8-16-32(31)40-33(36)22-26-19-20-39-38(26)37/h1-22H. The van der Waals surface area contributed by atoms with Crippen molar-refractivity contribution in [2.45, 2.75) is 0 Å². The molecule has 2 heterocycles. The number of hydrogen-bond acceptors (Lipinski definition) is 2. The van der Waals surface area contributed by atoms with Gasteiger partial charge in [0.2, 0.25) is 0 Å². The summed E-state index contributed by atoms with van der Waals surface area (Å²) in [5, 5.41) is 11.2. The van der Waals surface area contributed by atoms with Gasteiger partial charge in [-0.2, -0.15) is 0 Å². The maximum atomic E-state index is 6.30. The van der Waals surface area contributed by atoms with Gasteiger partial charge in [-0.05, 0) is 67.7 Å². The fourth-order valence-electron chi connectivity index (χ4n) is 6.61. The van der Waals surface area contributed by atoms with Crippen molar-refractivity contribution in [1.29, 1.82) is 0 Å². The van der Waals surface area contributed by atoms with Gasteiger partial charge in [-0.25, -0.2) is 0 Å². The maximum Gasteiger partial charge on any atom is 0.142 e. The Balaban J connectivity index is 1.50. The maximum absolute atomic E-state index is 6.30. The van der Waals surface area contributed by atoms with Gasteiger partial charge in [0.25, 0.3) is 0 Å². The van der Waals surface area contributed by atoms with Crippen molar-refractivity contribution in [3.05, 3.63) is 134 Å². The highest BCUT2D eigenvalue weighted by atomic mass is 32.1. The summed E-state index contributed by atoms with van der Waals surface area (Å²) < 4.78 is 8.88. The Labute approximate surface area is 234 Å². The largest absolute Gasteiger partial charge is 0.464 e. The first-order valence-electron chi connectivity index (χ1n) is 13.6. The minimum atomic E-state index is 0.949. The number of hydrogen-bond donors (Lipinski definition) is 0. The molecule has 0 fully saturated rings. The van der Waals surface area contributed by atoms with E-state index in [1.807, 2.05) is 17.6 Å². The molecule has 0 spiro atoms. The molecule has 9 aromatic rings. The molecule has 0 saturated carbocycles. The zero-order chi connectivity index (χ0) is 26.2. The van der Waals surface area contributed by atoms with Crippen molar-refractivity contribution < 1.29 is 4.42 Å². The normalized spacial score (nSPS) is 12.0. The van der Waals surface area contributed by atoms with Gasteiger partial charge < -0.3 is 4.42 Å². The molecule has 0 saturated heterocycles. The highest BCUT2D eigenvalue weighted by Crippen LogP contribution is 2.50. The first-order valence-corrected chi connectivity index (χ1v) is 14.4. The predicted octanol–water partition coefficient (Wildman–Crippen LogP) is 11.6.